The second-order valence-electron chi connectivity index (χ2n) is 4.49. The standard InChI is InChI=1S/C10H21N.C2H6.H2/c1-7(2)9-5-10(6-9)11-8(3)4;1-2;/h7-11H,5-6H2,1-4H3;1-2H3;1H. The Balaban J connectivity index is 0. The van der Waals surface area contributed by atoms with E-state index in [1.54, 1.807) is 0 Å². The van der Waals surface area contributed by atoms with Gasteiger partial charge in [-0.25, -0.2) is 0 Å². The summed E-state index contributed by atoms with van der Waals surface area (Å²) in [6.07, 6.45) is 2.80. The average molecular weight is 187 g/mol. The zero-order chi connectivity index (χ0) is 10.4. The summed E-state index contributed by atoms with van der Waals surface area (Å²) in [7, 11) is 0. The minimum Gasteiger partial charge on any atom is -0.312 e. The first kappa shape index (κ1) is 13.0. The number of hydrogen-bond acceptors (Lipinski definition) is 1. The van der Waals surface area contributed by atoms with Crippen molar-refractivity contribution in [2.45, 2.75) is 66.5 Å². The molecule has 0 heterocycles. The van der Waals surface area contributed by atoms with Gasteiger partial charge in [-0.3, -0.25) is 0 Å². The maximum Gasteiger partial charge on any atom is 0.00749 e. The first-order chi connectivity index (χ1) is 6.09. The van der Waals surface area contributed by atoms with Crippen LogP contribution in [0, 0.1) is 11.8 Å². The van der Waals surface area contributed by atoms with Crippen LogP contribution in [-0.2, 0) is 0 Å². The first-order valence-corrected chi connectivity index (χ1v) is 5.85. The first-order valence-electron chi connectivity index (χ1n) is 5.85. The molecule has 1 fully saturated rings. The maximum atomic E-state index is 3.56. The molecule has 13 heavy (non-hydrogen) atoms. The second kappa shape index (κ2) is 6.42. The molecule has 1 nitrogen and oxygen atoms in total. The number of nitrogens with one attached hydrogen (secondary N) is 1. The van der Waals surface area contributed by atoms with Gasteiger partial charge in [0.25, 0.3) is 0 Å². The summed E-state index contributed by atoms with van der Waals surface area (Å²) in [5, 5.41) is 3.56. The molecule has 0 saturated heterocycles. The molecule has 0 bridgehead atoms. The lowest BCUT2D eigenvalue weighted by Crippen LogP contribution is -2.45. The lowest BCUT2D eigenvalue weighted by Gasteiger charge is -2.39. The van der Waals surface area contributed by atoms with Crippen LogP contribution in [0.25, 0.3) is 0 Å². The topological polar surface area (TPSA) is 12.0 Å². The summed E-state index contributed by atoms with van der Waals surface area (Å²) in [4.78, 5) is 0. The molecule has 1 heteroatoms. The van der Waals surface area contributed by atoms with Crippen LogP contribution in [0.4, 0.5) is 0 Å². The van der Waals surface area contributed by atoms with E-state index >= 15 is 0 Å². The smallest absolute Gasteiger partial charge is 0.00749 e. The van der Waals surface area contributed by atoms with Crippen LogP contribution in [0.2, 0.25) is 0 Å². The van der Waals surface area contributed by atoms with E-state index in [9.17, 15) is 0 Å². The maximum absolute atomic E-state index is 3.56. The van der Waals surface area contributed by atoms with Gasteiger partial charge in [0.05, 0.1) is 0 Å². The molecule has 0 spiro atoms. The molecule has 0 unspecified atom stereocenters. The normalized spacial score (nSPS) is 26.8. The van der Waals surface area contributed by atoms with Gasteiger partial charge in [0.15, 0.2) is 0 Å². The quantitative estimate of drug-likeness (QED) is 0.710. The van der Waals surface area contributed by atoms with Crippen LogP contribution in [0.15, 0.2) is 0 Å². The molecule has 0 atom stereocenters. The van der Waals surface area contributed by atoms with Crippen molar-refractivity contribution < 1.29 is 1.43 Å². The fraction of sp³-hybridized carbons (Fsp3) is 1.00. The highest BCUT2D eigenvalue weighted by atomic mass is 15.0. The second-order valence-corrected chi connectivity index (χ2v) is 4.49. The highest BCUT2D eigenvalue weighted by Crippen LogP contribution is 2.33. The average Bonchev–Trinajstić information content (AvgIpc) is 1.99. The van der Waals surface area contributed by atoms with Crippen molar-refractivity contribution in [2.75, 3.05) is 0 Å². The van der Waals surface area contributed by atoms with Gasteiger partial charge < -0.3 is 5.32 Å². The minimum atomic E-state index is 0. The summed E-state index contributed by atoms with van der Waals surface area (Å²) >= 11 is 0. The Labute approximate surface area is 85.8 Å². The summed E-state index contributed by atoms with van der Waals surface area (Å²) < 4.78 is 0. The van der Waals surface area contributed by atoms with Gasteiger partial charge in [0, 0.05) is 13.5 Å². The fourth-order valence-corrected chi connectivity index (χ4v) is 1.81. The molecule has 1 saturated carbocycles. The highest BCUT2D eigenvalue weighted by molar-refractivity contribution is 4.87. The van der Waals surface area contributed by atoms with E-state index in [0.29, 0.717) is 6.04 Å². The third-order valence-corrected chi connectivity index (χ3v) is 2.69. The molecule has 0 amide bonds. The number of hydrogen-bond donors (Lipinski definition) is 1. The highest BCUT2D eigenvalue weighted by Gasteiger charge is 2.30. The minimum absolute atomic E-state index is 0. The van der Waals surface area contributed by atoms with Crippen LogP contribution in [0.1, 0.15) is 55.8 Å². The van der Waals surface area contributed by atoms with Crippen LogP contribution < -0.4 is 5.32 Å². The largest absolute Gasteiger partial charge is 0.312 e. The van der Waals surface area contributed by atoms with Crippen molar-refractivity contribution in [2.24, 2.45) is 11.8 Å². The number of rotatable bonds is 3. The molecule has 1 N–H and O–H groups in total. The Morgan fingerprint density at radius 3 is 1.85 bits per heavy atom. The Bertz CT molecular complexity index is 117. The Kier molecular flexibility index (Phi) is 6.40. The van der Waals surface area contributed by atoms with Gasteiger partial charge >= 0.3 is 0 Å². The summed E-state index contributed by atoms with van der Waals surface area (Å²) in [5.74, 6) is 1.88. The van der Waals surface area contributed by atoms with Gasteiger partial charge in [0.1, 0.15) is 0 Å². The van der Waals surface area contributed by atoms with E-state index in [1.165, 1.54) is 12.8 Å². The predicted molar refractivity (Wildman–Crippen MR) is 63.1 cm³/mol. The monoisotopic (exact) mass is 187 g/mol. The van der Waals surface area contributed by atoms with E-state index in [0.717, 1.165) is 17.9 Å². The molecule has 0 aromatic rings. The van der Waals surface area contributed by atoms with E-state index in [1.807, 2.05) is 13.8 Å². The van der Waals surface area contributed by atoms with Gasteiger partial charge in [-0.1, -0.05) is 41.5 Å². The van der Waals surface area contributed by atoms with Crippen LogP contribution in [-0.4, -0.2) is 12.1 Å². The molecule has 0 aliphatic heterocycles. The van der Waals surface area contributed by atoms with Crippen molar-refractivity contribution >= 4 is 0 Å². The molecular formula is C12H29N. The molecule has 1 aliphatic rings. The van der Waals surface area contributed by atoms with Crippen molar-refractivity contribution in [1.82, 2.24) is 5.32 Å². The molecule has 1 rings (SSSR count). The van der Waals surface area contributed by atoms with Crippen molar-refractivity contribution in [3.8, 4) is 0 Å². The fourth-order valence-electron chi connectivity index (χ4n) is 1.81. The van der Waals surface area contributed by atoms with Gasteiger partial charge in [-0.05, 0) is 24.7 Å². The van der Waals surface area contributed by atoms with Gasteiger partial charge in [0.2, 0.25) is 0 Å². The lowest BCUT2D eigenvalue weighted by molar-refractivity contribution is 0.161. The molecule has 0 aromatic heterocycles. The predicted octanol–water partition coefficient (Wildman–Crippen LogP) is 3.69. The van der Waals surface area contributed by atoms with Crippen LogP contribution in [0.3, 0.4) is 0 Å². The third-order valence-electron chi connectivity index (χ3n) is 2.69. The van der Waals surface area contributed by atoms with Gasteiger partial charge in [-0.2, -0.15) is 0 Å². The molecule has 0 radical (unpaired) electrons. The van der Waals surface area contributed by atoms with Crippen LogP contribution in [0.5, 0.6) is 0 Å². The van der Waals surface area contributed by atoms with Crippen molar-refractivity contribution in [3.63, 3.8) is 0 Å². The molecular weight excluding hydrogens is 158 g/mol. The van der Waals surface area contributed by atoms with E-state index < -0.39 is 0 Å². The zero-order valence-electron chi connectivity index (χ0n) is 10.2. The van der Waals surface area contributed by atoms with Crippen molar-refractivity contribution in [3.05, 3.63) is 0 Å². The lowest BCUT2D eigenvalue weighted by atomic mass is 9.73. The van der Waals surface area contributed by atoms with Crippen molar-refractivity contribution in [1.29, 1.82) is 0 Å². The molecule has 82 valence electrons. The SMILES string of the molecule is CC.CC(C)NC1CC(C(C)C)C1.[HH]. The Morgan fingerprint density at radius 1 is 1.08 bits per heavy atom. The molecule has 1 aliphatic carbocycles. The van der Waals surface area contributed by atoms with E-state index in [-0.39, 0.29) is 1.43 Å². The summed E-state index contributed by atoms with van der Waals surface area (Å²) in [5.41, 5.74) is 0. The van der Waals surface area contributed by atoms with E-state index in [4.69, 9.17) is 0 Å². The molecule has 0 aromatic carbocycles. The van der Waals surface area contributed by atoms with E-state index in [2.05, 4.69) is 33.0 Å². The van der Waals surface area contributed by atoms with Crippen LogP contribution >= 0.6 is 0 Å². The third kappa shape index (κ3) is 4.66. The summed E-state index contributed by atoms with van der Waals surface area (Å²) in [6.45, 7) is 13.1. The summed E-state index contributed by atoms with van der Waals surface area (Å²) in [6, 6.07) is 1.48. The zero-order valence-corrected chi connectivity index (χ0v) is 10.2. The Hall–Kier alpha value is -0.0400. The Morgan fingerprint density at radius 2 is 1.54 bits per heavy atom. The van der Waals surface area contributed by atoms with Gasteiger partial charge in [-0.15, -0.1) is 0 Å².